The molecule has 1 aromatic heterocycles. The standard InChI is InChI=1S/C16H20ClN3O2S/c1-19-10-8-16(18-19)14-3-2-9-20(11-14)23(21,22)12-13-4-6-15(17)7-5-13/h4-8,10,14H,2-3,9,11-12H2,1H3. The first-order chi connectivity index (χ1) is 10.9. The maximum Gasteiger partial charge on any atom is 0.218 e. The van der Waals surface area contributed by atoms with E-state index in [1.165, 1.54) is 0 Å². The molecule has 1 aromatic carbocycles. The van der Waals surface area contributed by atoms with Gasteiger partial charge in [-0.25, -0.2) is 12.7 Å². The smallest absolute Gasteiger partial charge is 0.218 e. The number of aryl methyl sites for hydroxylation is 1. The maximum atomic E-state index is 12.7. The largest absolute Gasteiger partial charge is 0.276 e. The highest BCUT2D eigenvalue weighted by Gasteiger charge is 2.30. The van der Waals surface area contributed by atoms with Crippen LogP contribution < -0.4 is 0 Å². The number of benzene rings is 1. The van der Waals surface area contributed by atoms with Gasteiger partial charge in [-0.3, -0.25) is 4.68 Å². The van der Waals surface area contributed by atoms with Crippen LogP contribution in [0, 0.1) is 0 Å². The van der Waals surface area contributed by atoms with Gasteiger partial charge in [0.25, 0.3) is 0 Å². The molecular weight excluding hydrogens is 334 g/mol. The lowest BCUT2D eigenvalue weighted by Gasteiger charge is -2.31. The van der Waals surface area contributed by atoms with Crippen molar-refractivity contribution >= 4 is 21.6 Å². The highest BCUT2D eigenvalue weighted by molar-refractivity contribution is 7.88. The highest BCUT2D eigenvalue weighted by Crippen LogP contribution is 2.28. The fraction of sp³-hybridized carbons (Fsp3) is 0.438. The lowest BCUT2D eigenvalue weighted by molar-refractivity contribution is 0.311. The second-order valence-electron chi connectivity index (χ2n) is 5.99. The summed E-state index contributed by atoms with van der Waals surface area (Å²) < 4.78 is 28.7. The molecule has 7 heteroatoms. The van der Waals surface area contributed by atoms with Crippen molar-refractivity contribution in [1.29, 1.82) is 0 Å². The summed E-state index contributed by atoms with van der Waals surface area (Å²) >= 11 is 5.85. The van der Waals surface area contributed by atoms with Crippen molar-refractivity contribution in [1.82, 2.24) is 14.1 Å². The van der Waals surface area contributed by atoms with Gasteiger partial charge in [-0.15, -0.1) is 0 Å². The van der Waals surface area contributed by atoms with Gasteiger partial charge >= 0.3 is 0 Å². The summed E-state index contributed by atoms with van der Waals surface area (Å²) in [6.45, 7) is 1.09. The average molecular weight is 354 g/mol. The van der Waals surface area contributed by atoms with E-state index in [0.29, 0.717) is 18.1 Å². The maximum absolute atomic E-state index is 12.7. The van der Waals surface area contributed by atoms with Gasteiger partial charge in [0.2, 0.25) is 10.0 Å². The quantitative estimate of drug-likeness (QED) is 0.849. The van der Waals surface area contributed by atoms with Gasteiger partial charge in [-0.05, 0) is 36.6 Å². The minimum atomic E-state index is -3.33. The van der Waals surface area contributed by atoms with Gasteiger partial charge in [0.1, 0.15) is 0 Å². The summed E-state index contributed by atoms with van der Waals surface area (Å²) in [4.78, 5) is 0. The fourth-order valence-corrected chi connectivity index (χ4v) is 4.71. The molecule has 1 fully saturated rings. The number of hydrogen-bond donors (Lipinski definition) is 0. The molecule has 0 aliphatic carbocycles. The third-order valence-corrected chi connectivity index (χ3v) is 6.26. The number of piperidine rings is 1. The molecule has 1 aliphatic rings. The fourth-order valence-electron chi connectivity index (χ4n) is 2.97. The highest BCUT2D eigenvalue weighted by atomic mass is 35.5. The summed E-state index contributed by atoms with van der Waals surface area (Å²) in [6.07, 6.45) is 3.74. The van der Waals surface area contributed by atoms with Crippen molar-refractivity contribution in [3.8, 4) is 0 Å². The molecule has 2 aromatic rings. The summed E-state index contributed by atoms with van der Waals surface area (Å²) in [5.41, 5.74) is 1.73. The average Bonchev–Trinajstić information content (AvgIpc) is 2.96. The van der Waals surface area contributed by atoms with Crippen molar-refractivity contribution < 1.29 is 8.42 Å². The zero-order valence-corrected chi connectivity index (χ0v) is 14.6. The molecule has 0 amide bonds. The third kappa shape index (κ3) is 3.94. The first-order valence-corrected chi connectivity index (χ1v) is 9.64. The third-order valence-electron chi connectivity index (χ3n) is 4.19. The lowest BCUT2D eigenvalue weighted by atomic mass is 9.96. The Labute approximate surface area is 141 Å². The molecule has 0 spiro atoms. The minimum absolute atomic E-state index is 0.0130. The molecule has 0 N–H and O–H groups in total. The van der Waals surface area contributed by atoms with Gasteiger partial charge in [0.05, 0.1) is 11.4 Å². The van der Waals surface area contributed by atoms with Crippen LogP contribution in [0.25, 0.3) is 0 Å². The Bertz CT molecular complexity index is 771. The van der Waals surface area contributed by atoms with Crippen LogP contribution in [0.3, 0.4) is 0 Å². The van der Waals surface area contributed by atoms with E-state index in [2.05, 4.69) is 5.10 Å². The normalized spacial score (nSPS) is 19.8. The molecule has 0 saturated carbocycles. The Morgan fingerprint density at radius 3 is 2.65 bits per heavy atom. The molecule has 0 bridgehead atoms. The van der Waals surface area contributed by atoms with Crippen LogP contribution in [0.4, 0.5) is 0 Å². The first kappa shape index (κ1) is 16.5. The van der Waals surface area contributed by atoms with E-state index in [1.54, 1.807) is 33.3 Å². The van der Waals surface area contributed by atoms with Crippen LogP contribution in [-0.4, -0.2) is 35.6 Å². The van der Waals surface area contributed by atoms with Crippen molar-refractivity contribution in [2.45, 2.75) is 24.5 Å². The van der Waals surface area contributed by atoms with E-state index in [4.69, 9.17) is 11.6 Å². The van der Waals surface area contributed by atoms with Crippen molar-refractivity contribution in [3.63, 3.8) is 0 Å². The summed E-state index contributed by atoms with van der Waals surface area (Å²) in [7, 11) is -1.45. The molecular formula is C16H20ClN3O2S. The van der Waals surface area contributed by atoms with Crippen LogP contribution >= 0.6 is 11.6 Å². The van der Waals surface area contributed by atoms with Gasteiger partial charge in [-0.2, -0.15) is 5.10 Å². The molecule has 3 rings (SSSR count). The Kier molecular flexibility index (Phi) is 4.75. The van der Waals surface area contributed by atoms with Crippen molar-refractivity contribution in [3.05, 3.63) is 52.8 Å². The monoisotopic (exact) mass is 353 g/mol. The predicted octanol–water partition coefficient (Wildman–Crippen LogP) is 2.78. The van der Waals surface area contributed by atoms with E-state index < -0.39 is 10.0 Å². The molecule has 1 atom stereocenters. The van der Waals surface area contributed by atoms with Gasteiger partial charge < -0.3 is 0 Å². The number of hydrogen-bond acceptors (Lipinski definition) is 3. The zero-order chi connectivity index (χ0) is 16.4. The van der Waals surface area contributed by atoms with Crippen molar-refractivity contribution in [2.75, 3.05) is 13.1 Å². The van der Waals surface area contributed by atoms with E-state index in [9.17, 15) is 8.42 Å². The van der Waals surface area contributed by atoms with Crippen LogP contribution in [0.2, 0.25) is 5.02 Å². The lowest BCUT2D eigenvalue weighted by Crippen LogP contribution is -2.39. The van der Waals surface area contributed by atoms with E-state index in [1.807, 2.05) is 19.3 Å². The zero-order valence-electron chi connectivity index (χ0n) is 13.0. The number of halogens is 1. The number of nitrogens with zero attached hydrogens (tertiary/aromatic N) is 3. The van der Waals surface area contributed by atoms with Crippen LogP contribution in [-0.2, 0) is 22.8 Å². The minimum Gasteiger partial charge on any atom is -0.276 e. The van der Waals surface area contributed by atoms with Crippen LogP contribution in [0.15, 0.2) is 36.5 Å². The van der Waals surface area contributed by atoms with Gasteiger partial charge in [0, 0.05) is 37.3 Å². The molecule has 5 nitrogen and oxygen atoms in total. The topological polar surface area (TPSA) is 55.2 Å². The molecule has 23 heavy (non-hydrogen) atoms. The summed E-state index contributed by atoms with van der Waals surface area (Å²) in [5, 5.41) is 5.04. The van der Waals surface area contributed by atoms with E-state index >= 15 is 0 Å². The van der Waals surface area contributed by atoms with E-state index in [-0.39, 0.29) is 11.7 Å². The molecule has 2 heterocycles. The Morgan fingerprint density at radius 1 is 1.26 bits per heavy atom. The Hall–Kier alpha value is -1.37. The second-order valence-corrected chi connectivity index (χ2v) is 8.40. The van der Waals surface area contributed by atoms with Gasteiger partial charge in [0.15, 0.2) is 0 Å². The molecule has 1 aliphatic heterocycles. The molecule has 0 radical (unpaired) electrons. The number of aromatic nitrogens is 2. The van der Waals surface area contributed by atoms with E-state index in [0.717, 1.165) is 24.1 Å². The molecule has 1 saturated heterocycles. The van der Waals surface area contributed by atoms with Gasteiger partial charge in [-0.1, -0.05) is 23.7 Å². The summed E-state index contributed by atoms with van der Waals surface area (Å²) in [6, 6.07) is 8.94. The van der Waals surface area contributed by atoms with Crippen LogP contribution in [0.5, 0.6) is 0 Å². The Balaban J connectivity index is 1.73. The SMILES string of the molecule is Cn1ccc(C2CCCN(S(=O)(=O)Cc3ccc(Cl)cc3)C2)n1. The second kappa shape index (κ2) is 6.63. The first-order valence-electron chi connectivity index (χ1n) is 7.66. The Morgan fingerprint density at radius 2 is 2.00 bits per heavy atom. The molecule has 1 unspecified atom stereocenters. The van der Waals surface area contributed by atoms with Crippen molar-refractivity contribution in [2.24, 2.45) is 7.05 Å². The number of rotatable bonds is 4. The predicted molar refractivity (Wildman–Crippen MR) is 90.8 cm³/mol. The van der Waals surface area contributed by atoms with Crippen LogP contribution in [0.1, 0.15) is 30.0 Å². The number of sulfonamides is 1. The molecule has 124 valence electrons. The summed E-state index contributed by atoms with van der Waals surface area (Å²) in [5.74, 6) is 0.184.